The molecule has 0 aromatic carbocycles. The number of carbonyl (C=O) groups excluding carboxylic acids is 1. The summed E-state index contributed by atoms with van der Waals surface area (Å²) in [6.45, 7) is 6.73. The molecule has 1 aromatic rings. The third-order valence-corrected chi connectivity index (χ3v) is 4.64. The molecule has 1 saturated carbocycles. The van der Waals surface area contributed by atoms with Gasteiger partial charge >= 0.3 is 0 Å². The summed E-state index contributed by atoms with van der Waals surface area (Å²) in [5, 5.41) is 0. The molecule has 5 nitrogen and oxygen atoms in total. The summed E-state index contributed by atoms with van der Waals surface area (Å²) >= 11 is 0. The number of rotatable bonds is 4. The van der Waals surface area contributed by atoms with Gasteiger partial charge in [0.05, 0.1) is 0 Å². The number of amides is 1. The van der Waals surface area contributed by atoms with Gasteiger partial charge in [0.25, 0.3) is 15.0 Å². The molecule has 0 atom stereocenters. The molecule has 1 aliphatic carbocycles. The van der Waals surface area contributed by atoms with Crippen molar-refractivity contribution in [2.24, 2.45) is 5.41 Å². The van der Waals surface area contributed by atoms with Crippen molar-refractivity contribution in [3.63, 3.8) is 0 Å². The molecule has 1 fully saturated rings. The lowest BCUT2D eigenvalue weighted by Gasteiger charge is -2.27. The van der Waals surface area contributed by atoms with Crippen LogP contribution in [0.1, 0.15) is 50.1 Å². The zero-order chi connectivity index (χ0) is 16.0. The highest BCUT2D eigenvalue weighted by molar-refractivity contribution is 8.13. The van der Waals surface area contributed by atoms with Gasteiger partial charge in [-0.1, -0.05) is 20.8 Å². The predicted molar refractivity (Wildman–Crippen MR) is 82.2 cm³/mol. The molecule has 7 heteroatoms. The van der Waals surface area contributed by atoms with Crippen molar-refractivity contribution in [3.05, 3.63) is 18.0 Å². The Bertz CT molecular complexity index is 654. The second-order valence-electron chi connectivity index (χ2n) is 6.86. The van der Waals surface area contributed by atoms with Gasteiger partial charge in [-0.25, -0.2) is 8.42 Å². The van der Waals surface area contributed by atoms with Crippen molar-refractivity contribution in [2.75, 3.05) is 13.6 Å². The third-order valence-electron chi connectivity index (χ3n) is 3.32. The maximum absolute atomic E-state index is 12.6. The lowest BCUT2D eigenvalue weighted by molar-refractivity contribution is 0.0734. The molecule has 0 radical (unpaired) electrons. The summed E-state index contributed by atoms with van der Waals surface area (Å²) in [6.07, 6.45) is 3.39. The standard InChI is InChI=1S/C14H21ClN2O3S/c1-14(2,3)9-16(4)13(18)12-7-11(21(15,19)20)8-17(12)10-5-6-10/h7-8,10H,5-6,9H2,1-4H3. The van der Waals surface area contributed by atoms with Gasteiger partial charge in [-0.2, -0.15) is 0 Å². The van der Waals surface area contributed by atoms with Gasteiger partial charge in [-0.3, -0.25) is 4.79 Å². The molecule has 0 saturated heterocycles. The summed E-state index contributed by atoms with van der Waals surface area (Å²) in [5.41, 5.74) is 0.367. The molecule has 0 unspecified atom stereocenters. The SMILES string of the molecule is CN(CC(C)(C)C)C(=O)c1cc(S(=O)(=O)Cl)cn1C1CC1. The zero-order valence-electron chi connectivity index (χ0n) is 12.8. The van der Waals surface area contributed by atoms with E-state index in [0.717, 1.165) is 12.8 Å². The molecular formula is C14H21ClN2O3S. The van der Waals surface area contributed by atoms with E-state index in [1.807, 2.05) is 20.8 Å². The average Bonchev–Trinajstić information content (AvgIpc) is 3.03. The van der Waals surface area contributed by atoms with E-state index in [2.05, 4.69) is 0 Å². The van der Waals surface area contributed by atoms with Crippen LogP contribution in [-0.2, 0) is 9.05 Å². The number of hydrogen-bond acceptors (Lipinski definition) is 3. The third kappa shape index (κ3) is 4.01. The van der Waals surface area contributed by atoms with Crippen LogP contribution in [0, 0.1) is 5.41 Å². The highest BCUT2D eigenvalue weighted by atomic mass is 35.7. The highest BCUT2D eigenvalue weighted by Gasteiger charge is 2.31. The molecule has 2 rings (SSSR count). The first-order valence-corrected chi connectivity index (χ1v) is 9.22. The van der Waals surface area contributed by atoms with Gasteiger partial charge in [0.15, 0.2) is 0 Å². The normalized spacial score (nSPS) is 16.0. The summed E-state index contributed by atoms with van der Waals surface area (Å²) < 4.78 is 24.7. The van der Waals surface area contributed by atoms with Crippen LogP contribution in [0.15, 0.2) is 17.2 Å². The fourth-order valence-electron chi connectivity index (χ4n) is 2.39. The molecule has 0 N–H and O–H groups in total. The summed E-state index contributed by atoms with van der Waals surface area (Å²) in [6, 6.07) is 1.58. The Morgan fingerprint density at radius 3 is 2.43 bits per heavy atom. The van der Waals surface area contributed by atoms with E-state index in [1.54, 1.807) is 16.5 Å². The summed E-state index contributed by atoms with van der Waals surface area (Å²) in [4.78, 5) is 14.2. The predicted octanol–water partition coefficient (Wildman–Crippen LogP) is 2.87. The van der Waals surface area contributed by atoms with E-state index in [-0.39, 0.29) is 22.3 Å². The van der Waals surface area contributed by atoms with Crippen molar-refractivity contribution < 1.29 is 13.2 Å². The van der Waals surface area contributed by atoms with Gasteiger partial charge in [0.2, 0.25) is 0 Å². The fraction of sp³-hybridized carbons (Fsp3) is 0.643. The van der Waals surface area contributed by atoms with Crippen LogP contribution in [0.5, 0.6) is 0 Å². The molecule has 118 valence electrons. The van der Waals surface area contributed by atoms with Crippen molar-refractivity contribution >= 4 is 25.6 Å². The Kier molecular flexibility index (Phi) is 4.14. The van der Waals surface area contributed by atoms with E-state index in [9.17, 15) is 13.2 Å². The Balaban J connectivity index is 2.34. The largest absolute Gasteiger partial charge is 0.340 e. The summed E-state index contributed by atoms with van der Waals surface area (Å²) in [7, 11) is 3.30. The first-order chi connectivity index (χ1) is 9.49. The maximum Gasteiger partial charge on any atom is 0.270 e. The van der Waals surface area contributed by atoms with E-state index in [4.69, 9.17) is 10.7 Å². The van der Waals surface area contributed by atoms with Crippen molar-refractivity contribution in [3.8, 4) is 0 Å². The highest BCUT2D eigenvalue weighted by Crippen LogP contribution is 2.38. The van der Waals surface area contributed by atoms with Gasteiger partial charge < -0.3 is 9.47 Å². The molecule has 1 aromatic heterocycles. The van der Waals surface area contributed by atoms with Gasteiger partial charge in [0.1, 0.15) is 10.6 Å². The smallest absolute Gasteiger partial charge is 0.270 e. The minimum Gasteiger partial charge on any atom is -0.340 e. The Hall–Kier alpha value is -1.01. The molecule has 0 spiro atoms. The molecule has 0 aliphatic heterocycles. The van der Waals surface area contributed by atoms with Crippen molar-refractivity contribution in [1.29, 1.82) is 0 Å². The Labute approximate surface area is 130 Å². The van der Waals surface area contributed by atoms with Crippen LogP contribution in [0.3, 0.4) is 0 Å². The number of carbonyl (C=O) groups is 1. The summed E-state index contributed by atoms with van der Waals surface area (Å²) in [5.74, 6) is -0.177. The first-order valence-electron chi connectivity index (χ1n) is 6.91. The number of nitrogens with zero attached hydrogens (tertiary/aromatic N) is 2. The second kappa shape index (κ2) is 5.32. The lowest BCUT2D eigenvalue weighted by atomic mass is 9.96. The van der Waals surface area contributed by atoms with Gasteiger partial charge in [0, 0.05) is 36.5 Å². The maximum atomic E-state index is 12.6. The minimum atomic E-state index is -3.82. The van der Waals surface area contributed by atoms with Gasteiger partial charge in [-0.15, -0.1) is 0 Å². The van der Waals surface area contributed by atoms with Crippen molar-refractivity contribution in [2.45, 2.75) is 44.6 Å². The average molecular weight is 333 g/mol. The number of hydrogen-bond donors (Lipinski definition) is 0. The van der Waals surface area contributed by atoms with E-state index in [1.165, 1.54) is 12.3 Å². The first kappa shape index (κ1) is 16.4. The monoisotopic (exact) mass is 332 g/mol. The molecule has 1 heterocycles. The van der Waals surface area contributed by atoms with Crippen LogP contribution < -0.4 is 0 Å². The molecular weight excluding hydrogens is 312 g/mol. The van der Waals surface area contributed by atoms with E-state index >= 15 is 0 Å². The minimum absolute atomic E-state index is 0.0106. The topological polar surface area (TPSA) is 59.4 Å². The van der Waals surface area contributed by atoms with E-state index < -0.39 is 9.05 Å². The lowest BCUT2D eigenvalue weighted by Crippen LogP contribution is -2.35. The zero-order valence-corrected chi connectivity index (χ0v) is 14.3. The quantitative estimate of drug-likeness (QED) is 0.796. The fourth-order valence-corrected chi connectivity index (χ4v) is 3.14. The van der Waals surface area contributed by atoms with Crippen molar-refractivity contribution in [1.82, 2.24) is 9.47 Å². The van der Waals surface area contributed by atoms with Crippen LogP contribution in [0.4, 0.5) is 0 Å². The molecule has 21 heavy (non-hydrogen) atoms. The van der Waals surface area contributed by atoms with Crippen LogP contribution in [-0.4, -0.2) is 37.4 Å². The Morgan fingerprint density at radius 2 is 2.00 bits per heavy atom. The number of halogens is 1. The van der Waals surface area contributed by atoms with E-state index in [0.29, 0.717) is 12.2 Å². The van der Waals surface area contributed by atoms with Gasteiger partial charge in [-0.05, 0) is 24.3 Å². The Morgan fingerprint density at radius 1 is 1.43 bits per heavy atom. The van der Waals surface area contributed by atoms with Crippen LogP contribution >= 0.6 is 10.7 Å². The molecule has 1 aliphatic rings. The second-order valence-corrected chi connectivity index (χ2v) is 9.43. The molecule has 1 amide bonds. The van der Waals surface area contributed by atoms with Crippen LogP contribution in [0.25, 0.3) is 0 Å². The molecule has 0 bridgehead atoms. The van der Waals surface area contributed by atoms with Crippen LogP contribution in [0.2, 0.25) is 0 Å². The number of aromatic nitrogens is 1.